The molecule has 1 aromatic heterocycles. The second-order valence-corrected chi connectivity index (χ2v) is 6.04. The Kier molecular flexibility index (Phi) is 4.08. The van der Waals surface area contributed by atoms with Gasteiger partial charge in [0.1, 0.15) is 5.01 Å². The van der Waals surface area contributed by atoms with E-state index < -0.39 is 0 Å². The average Bonchev–Trinajstić information content (AvgIpc) is 2.68. The van der Waals surface area contributed by atoms with Crippen molar-refractivity contribution in [2.45, 2.75) is 12.5 Å². The van der Waals surface area contributed by atoms with Gasteiger partial charge in [0.2, 0.25) is 0 Å². The van der Waals surface area contributed by atoms with Crippen molar-refractivity contribution in [3.8, 4) is 0 Å². The molecule has 16 heavy (non-hydrogen) atoms. The molecule has 1 aromatic carbocycles. The highest BCUT2D eigenvalue weighted by Gasteiger charge is 2.11. The van der Waals surface area contributed by atoms with Gasteiger partial charge in [0, 0.05) is 5.02 Å². The Bertz CT molecular complexity index is 484. The number of rotatable bonds is 4. The zero-order chi connectivity index (χ0) is 11.5. The first-order chi connectivity index (χ1) is 7.70. The fraction of sp³-hybridized carbons (Fsp3) is 0.364. The number of halogens is 1. The molecule has 1 unspecified atom stereocenters. The first-order valence-corrected chi connectivity index (χ1v) is 7.60. The molecule has 0 bridgehead atoms. The molecule has 2 aromatic rings. The van der Waals surface area contributed by atoms with E-state index in [1.165, 1.54) is 0 Å². The van der Waals surface area contributed by atoms with E-state index in [4.69, 9.17) is 17.3 Å². The second-order valence-electron chi connectivity index (χ2n) is 3.55. The number of fused-ring (bicyclic) bond motifs is 1. The molecule has 0 radical (unpaired) electrons. The molecular formula is C11H13ClN2S2. The van der Waals surface area contributed by atoms with E-state index in [2.05, 4.69) is 11.2 Å². The molecule has 5 heteroatoms. The summed E-state index contributed by atoms with van der Waals surface area (Å²) in [5.41, 5.74) is 7.07. The summed E-state index contributed by atoms with van der Waals surface area (Å²) in [5.74, 6) is 1.07. The molecule has 1 heterocycles. The summed E-state index contributed by atoms with van der Waals surface area (Å²) in [6.07, 6.45) is 3.06. The molecule has 0 saturated heterocycles. The second kappa shape index (κ2) is 5.36. The Balaban J connectivity index is 2.25. The highest BCUT2D eigenvalue weighted by atomic mass is 35.5. The normalized spacial score (nSPS) is 13.2. The van der Waals surface area contributed by atoms with Crippen LogP contribution in [-0.4, -0.2) is 17.0 Å². The molecule has 0 aliphatic carbocycles. The predicted molar refractivity (Wildman–Crippen MR) is 74.6 cm³/mol. The molecule has 2 rings (SSSR count). The van der Waals surface area contributed by atoms with E-state index in [1.54, 1.807) is 11.3 Å². The first-order valence-electron chi connectivity index (χ1n) is 5.01. The van der Waals surface area contributed by atoms with Gasteiger partial charge in [-0.2, -0.15) is 11.8 Å². The van der Waals surface area contributed by atoms with Crippen LogP contribution in [0.5, 0.6) is 0 Å². The molecular weight excluding hydrogens is 260 g/mol. The topological polar surface area (TPSA) is 38.9 Å². The molecule has 2 N–H and O–H groups in total. The van der Waals surface area contributed by atoms with Crippen LogP contribution in [0.4, 0.5) is 0 Å². The Morgan fingerprint density at radius 2 is 2.38 bits per heavy atom. The van der Waals surface area contributed by atoms with Crippen LogP contribution in [0.2, 0.25) is 5.02 Å². The lowest BCUT2D eigenvalue weighted by molar-refractivity contribution is 0.701. The van der Waals surface area contributed by atoms with Crippen molar-refractivity contribution in [3.63, 3.8) is 0 Å². The van der Waals surface area contributed by atoms with E-state index in [-0.39, 0.29) is 6.04 Å². The van der Waals surface area contributed by atoms with E-state index in [0.29, 0.717) is 0 Å². The van der Waals surface area contributed by atoms with Gasteiger partial charge in [-0.3, -0.25) is 0 Å². The number of nitrogens with two attached hydrogens (primary N) is 1. The number of thiazole rings is 1. The summed E-state index contributed by atoms with van der Waals surface area (Å²) in [4.78, 5) is 4.53. The first kappa shape index (κ1) is 12.2. The maximum absolute atomic E-state index is 6.08. The predicted octanol–water partition coefficient (Wildman–Crippen LogP) is 3.70. The van der Waals surface area contributed by atoms with Crippen LogP contribution >= 0.6 is 34.7 Å². The summed E-state index contributed by atoms with van der Waals surface area (Å²) < 4.78 is 1.11. The van der Waals surface area contributed by atoms with Crippen molar-refractivity contribution in [1.82, 2.24) is 4.98 Å². The third kappa shape index (κ3) is 2.69. The standard InChI is InChI=1S/C11H13ClN2S2/c1-15-5-4-8(13)11-14-9-3-2-7(12)6-10(9)16-11/h2-3,6,8H,4-5,13H2,1H3. The SMILES string of the molecule is CSCCC(N)c1nc2ccc(Cl)cc2s1. The molecule has 0 spiro atoms. The van der Waals surface area contributed by atoms with Crippen molar-refractivity contribution in [3.05, 3.63) is 28.2 Å². The zero-order valence-electron chi connectivity index (χ0n) is 8.94. The number of nitrogens with zero attached hydrogens (tertiary/aromatic N) is 1. The molecule has 0 aliphatic heterocycles. The highest BCUT2D eigenvalue weighted by Crippen LogP contribution is 2.29. The van der Waals surface area contributed by atoms with Crippen LogP contribution in [-0.2, 0) is 0 Å². The minimum atomic E-state index is 0.0450. The minimum Gasteiger partial charge on any atom is -0.322 e. The van der Waals surface area contributed by atoms with E-state index in [0.717, 1.165) is 32.4 Å². The van der Waals surface area contributed by atoms with E-state index >= 15 is 0 Å². The number of hydrogen-bond donors (Lipinski definition) is 1. The van der Waals surface area contributed by atoms with E-state index in [9.17, 15) is 0 Å². The lowest BCUT2D eigenvalue weighted by Gasteiger charge is -2.05. The van der Waals surface area contributed by atoms with Crippen LogP contribution in [0.3, 0.4) is 0 Å². The fourth-order valence-electron chi connectivity index (χ4n) is 1.44. The monoisotopic (exact) mass is 272 g/mol. The van der Waals surface area contributed by atoms with Gasteiger partial charge in [0.15, 0.2) is 0 Å². The Hall–Kier alpha value is -0.290. The van der Waals surface area contributed by atoms with Crippen LogP contribution in [0.25, 0.3) is 10.2 Å². The van der Waals surface area contributed by atoms with Crippen molar-refractivity contribution in [2.75, 3.05) is 12.0 Å². The lowest BCUT2D eigenvalue weighted by atomic mass is 10.2. The number of benzene rings is 1. The largest absolute Gasteiger partial charge is 0.322 e. The molecule has 1 atom stereocenters. The van der Waals surface area contributed by atoms with Crippen LogP contribution in [0.1, 0.15) is 17.5 Å². The Morgan fingerprint density at radius 3 is 3.12 bits per heavy atom. The van der Waals surface area contributed by atoms with Crippen molar-refractivity contribution < 1.29 is 0 Å². The number of hydrogen-bond acceptors (Lipinski definition) is 4. The quantitative estimate of drug-likeness (QED) is 0.922. The van der Waals surface area contributed by atoms with Crippen molar-refractivity contribution in [1.29, 1.82) is 0 Å². The maximum Gasteiger partial charge on any atom is 0.111 e. The molecule has 0 aliphatic rings. The third-order valence-corrected chi connectivity index (χ3v) is 4.35. The van der Waals surface area contributed by atoms with Crippen LogP contribution < -0.4 is 5.73 Å². The fourth-order valence-corrected chi connectivity index (χ4v) is 3.21. The van der Waals surface area contributed by atoms with Crippen molar-refractivity contribution in [2.24, 2.45) is 5.73 Å². The smallest absolute Gasteiger partial charge is 0.111 e. The van der Waals surface area contributed by atoms with Gasteiger partial charge >= 0.3 is 0 Å². The molecule has 0 amide bonds. The number of aromatic nitrogens is 1. The Morgan fingerprint density at radius 1 is 1.56 bits per heavy atom. The molecule has 0 fully saturated rings. The zero-order valence-corrected chi connectivity index (χ0v) is 11.3. The molecule has 2 nitrogen and oxygen atoms in total. The summed E-state index contributed by atoms with van der Waals surface area (Å²) in [6.45, 7) is 0. The van der Waals surface area contributed by atoms with Crippen LogP contribution in [0, 0.1) is 0 Å². The summed E-state index contributed by atoms with van der Waals surface area (Å²) in [6, 6.07) is 5.79. The number of thioether (sulfide) groups is 1. The van der Waals surface area contributed by atoms with Gasteiger partial charge in [0.25, 0.3) is 0 Å². The van der Waals surface area contributed by atoms with Gasteiger partial charge in [-0.25, -0.2) is 4.98 Å². The van der Waals surface area contributed by atoms with Crippen LogP contribution in [0.15, 0.2) is 18.2 Å². The van der Waals surface area contributed by atoms with Gasteiger partial charge < -0.3 is 5.73 Å². The third-order valence-electron chi connectivity index (χ3n) is 2.32. The van der Waals surface area contributed by atoms with E-state index in [1.807, 2.05) is 30.0 Å². The highest BCUT2D eigenvalue weighted by molar-refractivity contribution is 7.98. The van der Waals surface area contributed by atoms with Gasteiger partial charge in [0.05, 0.1) is 16.3 Å². The van der Waals surface area contributed by atoms with Gasteiger partial charge in [-0.05, 0) is 36.6 Å². The lowest BCUT2D eigenvalue weighted by Crippen LogP contribution is -2.10. The summed E-state index contributed by atoms with van der Waals surface area (Å²) >= 11 is 9.39. The maximum atomic E-state index is 6.08. The minimum absolute atomic E-state index is 0.0450. The van der Waals surface area contributed by atoms with Crippen molar-refractivity contribution >= 4 is 44.9 Å². The molecule has 0 saturated carbocycles. The Labute approximate surface area is 108 Å². The van der Waals surface area contributed by atoms with Gasteiger partial charge in [-0.15, -0.1) is 11.3 Å². The van der Waals surface area contributed by atoms with Gasteiger partial charge in [-0.1, -0.05) is 11.6 Å². The molecule has 86 valence electrons. The summed E-state index contributed by atoms with van der Waals surface area (Å²) in [5, 5.41) is 1.76. The summed E-state index contributed by atoms with van der Waals surface area (Å²) in [7, 11) is 0. The average molecular weight is 273 g/mol.